The number of aromatic hydroxyl groups is 2. The molecule has 5 nitrogen and oxygen atoms in total. The summed E-state index contributed by atoms with van der Waals surface area (Å²) in [5.41, 5.74) is 0.535. The van der Waals surface area contributed by atoms with E-state index in [1.54, 1.807) is 0 Å². The predicted octanol–water partition coefficient (Wildman–Crippen LogP) is 1.28. The summed E-state index contributed by atoms with van der Waals surface area (Å²) in [6.45, 7) is 0. The summed E-state index contributed by atoms with van der Waals surface area (Å²) in [5.74, 6) is -1.70. The van der Waals surface area contributed by atoms with Gasteiger partial charge in [0.2, 0.25) is 0 Å². The minimum absolute atomic E-state index is 0.0651. The quantitative estimate of drug-likeness (QED) is 0.513. The predicted molar refractivity (Wildman–Crippen MR) is 48.6 cm³/mol. The van der Waals surface area contributed by atoms with E-state index in [1.165, 1.54) is 18.3 Å². The SMILES string of the molecule is O=C(O)c1c[nH]c2cc(O)c(O)cc12. The number of nitrogens with one attached hydrogen (secondary N) is 1. The second-order valence-corrected chi connectivity index (χ2v) is 2.89. The van der Waals surface area contributed by atoms with Crippen molar-refractivity contribution in [2.75, 3.05) is 0 Å². The van der Waals surface area contributed by atoms with Gasteiger partial charge >= 0.3 is 5.97 Å². The summed E-state index contributed by atoms with van der Waals surface area (Å²) in [7, 11) is 0. The van der Waals surface area contributed by atoms with Crippen LogP contribution in [0.2, 0.25) is 0 Å². The molecule has 2 rings (SSSR count). The third kappa shape index (κ3) is 1.06. The molecule has 5 heteroatoms. The van der Waals surface area contributed by atoms with Gasteiger partial charge in [0.05, 0.1) is 11.1 Å². The first-order valence-electron chi connectivity index (χ1n) is 3.86. The van der Waals surface area contributed by atoms with E-state index < -0.39 is 5.97 Å². The largest absolute Gasteiger partial charge is 0.504 e. The Kier molecular flexibility index (Phi) is 1.60. The van der Waals surface area contributed by atoms with Gasteiger partial charge in [0, 0.05) is 17.6 Å². The van der Waals surface area contributed by atoms with Crippen LogP contribution < -0.4 is 0 Å². The Labute approximate surface area is 78.2 Å². The van der Waals surface area contributed by atoms with Gasteiger partial charge < -0.3 is 20.3 Å². The number of carboxylic acid groups (broad SMARTS) is 1. The number of aromatic carboxylic acids is 1. The summed E-state index contributed by atoms with van der Waals surface area (Å²) in [6, 6.07) is 2.49. The number of aromatic nitrogens is 1. The average Bonchev–Trinajstić information content (AvgIpc) is 2.48. The van der Waals surface area contributed by atoms with Crippen LogP contribution in [0.5, 0.6) is 11.5 Å². The van der Waals surface area contributed by atoms with Crippen molar-refractivity contribution in [1.29, 1.82) is 0 Å². The highest BCUT2D eigenvalue weighted by Crippen LogP contribution is 2.31. The van der Waals surface area contributed by atoms with Crippen LogP contribution in [0.3, 0.4) is 0 Å². The molecule has 0 saturated heterocycles. The number of rotatable bonds is 1. The van der Waals surface area contributed by atoms with Gasteiger partial charge in [-0.15, -0.1) is 0 Å². The van der Waals surface area contributed by atoms with Gasteiger partial charge in [-0.3, -0.25) is 0 Å². The second kappa shape index (κ2) is 2.66. The number of carboxylic acids is 1. The summed E-state index contributed by atoms with van der Waals surface area (Å²) in [5, 5.41) is 27.5. The van der Waals surface area contributed by atoms with Crippen molar-refractivity contribution in [1.82, 2.24) is 4.98 Å². The standard InChI is InChI=1S/C9H7NO4/c11-7-1-4-5(9(13)14)3-10-6(4)2-8(7)12/h1-3,10-12H,(H,13,14). The zero-order chi connectivity index (χ0) is 10.3. The van der Waals surface area contributed by atoms with Gasteiger partial charge in [-0.2, -0.15) is 0 Å². The zero-order valence-corrected chi connectivity index (χ0v) is 6.98. The van der Waals surface area contributed by atoms with Crippen LogP contribution in [-0.2, 0) is 0 Å². The number of hydrogen-bond donors (Lipinski definition) is 4. The number of fused-ring (bicyclic) bond motifs is 1. The minimum atomic E-state index is -1.08. The number of H-pyrrole nitrogens is 1. The van der Waals surface area contributed by atoms with Gasteiger partial charge in [0.15, 0.2) is 11.5 Å². The number of carbonyl (C=O) groups is 1. The van der Waals surface area contributed by atoms with E-state index >= 15 is 0 Å². The van der Waals surface area contributed by atoms with E-state index in [1.807, 2.05) is 0 Å². The van der Waals surface area contributed by atoms with Crippen LogP contribution in [0.1, 0.15) is 10.4 Å². The molecule has 4 N–H and O–H groups in total. The molecule has 0 radical (unpaired) electrons. The molecule has 14 heavy (non-hydrogen) atoms. The van der Waals surface area contributed by atoms with Crippen molar-refractivity contribution >= 4 is 16.9 Å². The van der Waals surface area contributed by atoms with Gasteiger partial charge in [-0.1, -0.05) is 0 Å². The Morgan fingerprint density at radius 1 is 1.21 bits per heavy atom. The molecule has 0 aliphatic heterocycles. The van der Waals surface area contributed by atoms with Crippen LogP contribution in [0.25, 0.3) is 10.9 Å². The Morgan fingerprint density at radius 2 is 1.86 bits per heavy atom. The van der Waals surface area contributed by atoms with Gasteiger partial charge in [0.1, 0.15) is 0 Å². The first kappa shape index (κ1) is 8.43. The van der Waals surface area contributed by atoms with Crippen molar-refractivity contribution in [2.24, 2.45) is 0 Å². The molecule has 0 atom stereocenters. The summed E-state index contributed by atoms with van der Waals surface area (Å²) in [4.78, 5) is 13.4. The summed E-state index contributed by atoms with van der Waals surface area (Å²) < 4.78 is 0. The minimum Gasteiger partial charge on any atom is -0.504 e. The molecule has 0 saturated carbocycles. The Morgan fingerprint density at radius 3 is 2.50 bits per heavy atom. The third-order valence-corrected chi connectivity index (χ3v) is 2.01. The molecule has 1 aromatic heterocycles. The van der Waals surface area contributed by atoms with Crippen LogP contribution in [0, 0.1) is 0 Å². The highest BCUT2D eigenvalue weighted by atomic mass is 16.4. The fourth-order valence-corrected chi connectivity index (χ4v) is 1.32. The van der Waals surface area contributed by atoms with Gasteiger partial charge in [0.25, 0.3) is 0 Å². The van der Waals surface area contributed by atoms with E-state index in [9.17, 15) is 9.90 Å². The lowest BCUT2D eigenvalue weighted by Crippen LogP contribution is -1.93. The number of phenolic OH excluding ortho intramolecular Hbond substituents is 2. The van der Waals surface area contributed by atoms with E-state index in [4.69, 9.17) is 10.2 Å². The molecule has 0 fully saturated rings. The zero-order valence-electron chi connectivity index (χ0n) is 6.98. The van der Waals surface area contributed by atoms with Crippen LogP contribution in [-0.4, -0.2) is 26.3 Å². The lowest BCUT2D eigenvalue weighted by molar-refractivity contribution is 0.0699. The summed E-state index contributed by atoms with van der Waals surface area (Å²) in [6.07, 6.45) is 1.31. The Bertz CT molecular complexity index is 515. The maximum atomic E-state index is 10.7. The Balaban J connectivity index is 2.80. The maximum Gasteiger partial charge on any atom is 0.337 e. The number of benzene rings is 1. The highest BCUT2D eigenvalue weighted by molar-refractivity contribution is 6.04. The van der Waals surface area contributed by atoms with Crippen molar-refractivity contribution in [3.63, 3.8) is 0 Å². The van der Waals surface area contributed by atoms with E-state index in [-0.39, 0.29) is 17.1 Å². The molecule has 0 bridgehead atoms. The number of phenols is 2. The van der Waals surface area contributed by atoms with E-state index in [2.05, 4.69) is 4.98 Å². The molecular weight excluding hydrogens is 186 g/mol. The van der Waals surface area contributed by atoms with Crippen molar-refractivity contribution in [3.8, 4) is 11.5 Å². The first-order chi connectivity index (χ1) is 6.59. The third-order valence-electron chi connectivity index (χ3n) is 2.01. The van der Waals surface area contributed by atoms with Crippen molar-refractivity contribution in [3.05, 3.63) is 23.9 Å². The van der Waals surface area contributed by atoms with Crippen molar-refractivity contribution < 1.29 is 20.1 Å². The van der Waals surface area contributed by atoms with E-state index in [0.29, 0.717) is 10.9 Å². The number of aromatic amines is 1. The van der Waals surface area contributed by atoms with Gasteiger partial charge in [-0.25, -0.2) is 4.79 Å². The average molecular weight is 193 g/mol. The molecule has 0 unspecified atom stereocenters. The van der Waals surface area contributed by atoms with Crippen LogP contribution in [0.15, 0.2) is 18.3 Å². The number of hydrogen-bond acceptors (Lipinski definition) is 3. The molecule has 72 valence electrons. The Hall–Kier alpha value is -2.17. The van der Waals surface area contributed by atoms with Crippen LogP contribution >= 0.6 is 0 Å². The molecule has 0 spiro atoms. The fraction of sp³-hybridized carbons (Fsp3) is 0. The second-order valence-electron chi connectivity index (χ2n) is 2.89. The van der Waals surface area contributed by atoms with Gasteiger partial charge in [-0.05, 0) is 6.07 Å². The fourth-order valence-electron chi connectivity index (χ4n) is 1.32. The van der Waals surface area contributed by atoms with Crippen molar-refractivity contribution in [2.45, 2.75) is 0 Å². The monoisotopic (exact) mass is 193 g/mol. The first-order valence-corrected chi connectivity index (χ1v) is 3.86. The topological polar surface area (TPSA) is 93.5 Å². The molecule has 1 heterocycles. The lowest BCUT2D eigenvalue weighted by Gasteiger charge is -1.97. The normalized spacial score (nSPS) is 10.6. The maximum absolute atomic E-state index is 10.7. The molecule has 1 aromatic carbocycles. The van der Waals surface area contributed by atoms with E-state index in [0.717, 1.165) is 0 Å². The summed E-state index contributed by atoms with van der Waals surface area (Å²) >= 11 is 0. The smallest absolute Gasteiger partial charge is 0.337 e. The lowest BCUT2D eigenvalue weighted by atomic mass is 10.1. The molecular formula is C9H7NO4. The molecule has 0 amide bonds. The highest BCUT2D eigenvalue weighted by Gasteiger charge is 2.12. The van der Waals surface area contributed by atoms with Crippen LogP contribution in [0.4, 0.5) is 0 Å². The molecule has 0 aliphatic carbocycles. The molecule has 2 aromatic rings. The molecule has 0 aliphatic rings.